The minimum absolute atomic E-state index is 0.629. The molecule has 5 heteroatoms. The van der Waals surface area contributed by atoms with Gasteiger partial charge in [-0.15, -0.1) is 11.3 Å². The van der Waals surface area contributed by atoms with E-state index in [1.807, 2.05) is 7.05 Å². The molecule has 0 radical (unpaired) electrons. The Bertz CT molecular complexity index is 479. The van der Waals surface area contributed by atoms with Crippen LogP contribution in [0.25, 0.3) is 0 Å². The second-order valence-corrected chi connectivity index (χ2v) is 8.18. The minimum Gasteiger partial charge on any atom is -0.351 e. The third-order valence-corrected chi connectivity index (χ3v) is 6.04. The van der Waals surface area contributed by atoms with E-state index >= 15 is 0 Å². The van der Waals surface area contributed by atoms with Gasteiger partial charge in [-0.1, -0.05) is 6.42 Å². The van der Waals surface area contributed by atoms with E-state index in [9.17, 15) is 0 Å². The van der Waals surface area contributed by atoms with Gasteiger partial charge in [0.15, 0.2) is 5.96 Å². The van der Waals surface area contributed by atoms with Gasteiger partial charge in [0, 0.05) is 25.0 Å². The predicted molar refractivity (Wildman–Crippen MR) is 84.7 cm³/mol. The Hall–Kier alpha value is -0.550. The maximum Gasteiger partial charge on any atom is 0.193 e. The highest BCUT2D eigenvalue weighted by atomic mass is 79.9. The molecule has 1 saturated heterocycles. The number of halogens is 1. The molecule has 0 amide bonds. The zero-order chi connectivity index (χ0) is 13.3. The highest BCUT2D eigenvalue weighted by molar-refractivity contribution is 9.11. The average molecular weight is 342 g/mol. The van der Waals surface area contributed by atoms with E-state index in [0.29, 0.717) is 5.41 Å². The van der Waals surface area contributed by atoms with Crippen molar-refractivity contribution >= 4 is 33.2 Å². The third-order valence-electron chi connectivity index (χ3n) is 4.41. The Morgan fingerprint density at radius 2 is 2.32 bits per heavy atom. The number of likely N-dealkylation sites (tertiary alicyclic amines) is 1. The lowest BCUT2D eigenvalue weighted by Crippen LogP contribution is -2.42. The van der Waals surface area contributed by atoms with E-state index in [4.69, 9.17) is 0 Å². The zero-order valence-electron chi connectivity index (χ0n) is 11.3. The maximum absolute atomic E-state index is 4.44. The molecule has 0 bridgehead atoms. The fourth-order valence-corrected chi connectivity index (χ4v) is 4.57. The molecule has 1 aromatic heterocycles. The van der Waals surface area contributed by atoms with E-state index < -0.39 is 0 Å². The topological polar surface area (TPSA) is 27.6 Å². The smallest absolute Gasteiger partial charge is 0.193 e. The Kier molecular flexibility index (Phi) is 3.85. The predicted octanol–water partition coefficient (Wildman–Crippen LogP) is 3.46. The van der Waals surface area contributed by atoms with E-state index in [1.54, 1.807) is 11.3 Å². The molecule has 1 saturated carbocycles. The van der Waals surface area contributed by atoms with Crippen molar-refractivity contribution in [3.05, 3.63) is 20.8 Å². The van der Waals surface area contributed by atoms with Crippen LogP contribution in [0.5, 0.6) is 0 Å². The van der Waals surface area contributed by atoms with Crippen LogP contribution >= 0.6 is 27.3 Å². The zero-order valence-corrected chi connectivity index (χ0v) is 13.7. The van der Waals surface area contributed by atoms with Crippen molar-refractivity contribution < 1.29 is 0 Å². The molecule has 2 aliphatic rings. The van der Waals surface area contributed by atoms with Gasteiger partial charge in [-0.3, -0.25) is 4.99 Å². The summed E-state index contributed by atoms with van der Waals surface area (Å²) in [5.41, 5.74) is 0.629. The normalized spacial score (nSPS) is 21.8. The lowest BCUT2D eigenvalue weighted by atomic mass is 9.68. The first-order chi connectivity index (χ1) is 9.21. The molecular formula is C14H20BrN3S. The summed E-state index contributed by atoms with van der Waals surface area (Å²) in [7, 11) is 1.89. The molecule has 3 nitrogen and oxygen atoms in total. The molecule has 0 aromatic carbocycles. The van der Waals surface area contributed by atoms with E-state index in [0.717, 1.165) is 19.0 Å². The van der Waals surface area contributed by atoms with Crippen LogP contribution in [-0.4, -0.2) is 31.0 Å². The van der Waals surface area contributed by atoms with E-state index in [-0.39, 0.29) is 0 Å². The Labute approximate surface area is 127 Å². The summed E-state index contributed by atoms with van der Waals surface area (Å²) in [6.45, 7) is 3.22. The van der Waals surface area contributed by atoms with Crippen LogP contribution in [0, 0.1) is 5.41 Å². The Morgan fingerprint density at radius 3 is 2.84 bits per heavy atom. The second-order valence-electron chi connectivity index (χ2n) is 5.63. The highest BCUT2D eigenvalue weighted by Gasteiger charge is 2.43. The fraction of sp³-hybridized carbons (Fsp3) is 0.643. The number of nitrogens with one attached hydrogen (secondary N) is 1. The highest BCUT2D eigenvalue weighted by Crippen LogP contribution is 2.47. The second kappa shape index (κ2) is 5.44. The number of nitrogens with zero attached hydrogens (tertiary/aromatic N) is 2. The van der Waals surface area contributed by atoms with Crippen molar-refractivity contribution in [2.45, 2.75) is 32.2 Å². The summed E-state index contributed by atoms with van der Waals surface area (Å²) < 4.78 is 1.19. The van der Waals surface area contributed by atoms with E-state index in [1.165, 1.54) is 40.9 Å². The number of aliphatic imine (C=N–C) groups is 1. The van der Waals surface area contributed by atoms with Gasteiger partial charge in [-0.05, 0) is 52.7 Å². The molecule has 1 N–H and O–H groups in total. The van der Waals surface area contributed by atoms with Gasteiger partial charge in [-0.2, -0.15) is 0 Å². The quantitative estimate of drug-likeness (QED) is 0.658. The summed E-state index contributed by atoms with van der Waals surface area (Å²) in [4.78, 5) is 8.21. The molecule has 0 atom stereocenters. The van der Waals surface area contributed by atoms with Crippen LogP contribution in [0.4, 0.5) is 0 Å². The molecule has 2 fully saturated rings. The molecular weight excluding hydrogens is 322 g/mol. The monoisotopic (exact) mass is 341 g/mol. The molecule has 1 aromatic rings. The standard InChI is InChI=1S/C14H20BrN3S/c1-16-13(17-9-11-3-4-12(15)19-11)18-8-7-14(10-18)5-2-6-14/h3-4H,2,5-10H2,1H3,(H,16,17). The van der Waals surface area contributed by atoms with Gasteiger partial charge < -0.3 is 10.2 Å². The van der Waals surface area contributed by atoms with Crippen LogP contribution < -0.4 is 5.32 Å². The lowest BCUT2D eigenvalue weighted by molar-refractivity contribution is 0.151. The van der Waals surface area contributed by atoms with Gasteiger partial charge in [0.05, 0.1) is 10.3 Å². The van der Waals surface area contributed by atoms with Crippen molar-refractivity contribution in [2.24, 2.45) is 10.4 Å². The van der Waals surface area contributed by atoms with Crippen molar-refractivity contribution in [1.82, 2.24) is 10.2 Å². The summed E-state index contributed by atoms with van der Waals surface area (Å²) >= 11 is 5.28. The van der Waals surface area contributed by atoms with Crippen molar-refractivity contribution in [1.29, 1.82) is 0 Å². The van der Waals surface area contributed by atoms with Gasteiger partial charge in [-0.25, -0.2) is 0 Å². The summed E-state index contributed by atoms with van der Waals surface area (Å²) in [5, 5.41) is 3.49. The first-order valence-electron chi connectivity index (χ1n) is 6.91. The number of thiophene rings is 1. The van der Waals surface area contributed by atoms with Crippen LogP contribution in [0.2, 0.25) is 0 Å². The van der Waals surface area contributed by atoms with Crippen LogP contribution in [-0.2, 0) is 6.54 Å². The van der Waals surface area contributed by atoms with Crippen molar-refractivity contribution in [3.8, 4) is 0 Å². The Morgan fingerprint density at radius 1 is 1.47 bits per heavy atom. The lowest BCUT2D eigenvalue weighted by Gasteiger charge is -2.38. The molecule has 1 aliphatic carbocycles. The third kappa shape index (κ3) is 2.82. The molecule has 19 heavy (non-hydrogen) atoms. The summed E-state index contributed by atoms with van der Waals surface area (Å²) in [5.74, 6) is 1.06. The maximum atomic E-state index is 4.44. The number of rotatable bonds is 2. The van der Waals surface area contributed by atoms with Crippen LogP contribution in [0.3, 0.4) is 0 Å². The van der Waals surface area contributed by atoms with Gasteiger partial charge >= 0.3 is 0 Å². The summed E-state index contributed by atoms with van der Waals surface area (Å²) in [6.07, 6.45) is 5.60. The molecule has 0 unspecified atom stereocenters. The summed E-state index contributed by atoms with van der Waals surface area (Å²) in [6, 6.07) is 4.26. The molecule has 1 aliphatic heterocycles. The Balaban J connectivity index is 1.56. The van der Waals surface area contributed by atoms with Crippen LogP contribution in [0.15, 0.2) is 20.9 Å². The average Bonchev–Trinajstić information content (AvgIpc) is 2.96. The first kappa shape index (κ1) is 13.4. The van der Waals surface area contributed by atoms with E-state index in [2.05, 4.69) is 43.3 Å². The molecule has 3 rings (SSSR count). The molecule has 2 heterocycles. The minimum atomic E-state index is 0.629. The van der Waals surface area contributed by atoms with Gasteiger partial charge in [0.1, 0.15) is 0 Å². The van der Waals surface area contributed by atoms with Gasteiger partial charge in [0.25, 0.3) is 0 Å². The van der Waals surface area contributed by atoms with Crippen molar-refractivity contribution in [3.63, 3.8) is 0 Å². The number of guanidine groups is 1. The number of hydrogen-bond acceptors (Lipinski definition) is 2. The molecule has 104 valence electrons. The fourth-order valence-electron chi connectivity index (χ4n) is 3.15. The first-order valence-corrected chi connectivity index (χ1v) is 8.52. The number of hydrogen-bond donors (Lipinski definition) is 1. The van der Waals surface area contributed by atoms with Crippen LogP contribution in [0.1, 0.15) is 30.6 Å². The van der Waals surface area contributed by atoms with Gasteiger partial charge in [0.2, 0.25) is 0 Å². The van der Waals surface area contributed by atoms with Crippen molar-refractivity contribution in [2.75, 3.05) is 20.1 Å². The molecule has 1 spiro atoms. The SMILES string of the molecule is CN=C(NCc1ccc(Br)s1)N1CCC2(CCC2)C1. The largest absolute Gasteiger partial charge is 0.351 e.